The van der Waals surface area contributed by atoms with E-state index in [1.807, 2.05) is 16.7 Å². The van der Waals surface area contributed by atoms with Crippen molar-refractivity contribution in [2.45, 2.75) is 31.9 Å². The number of fused-ring (bicyclic) bond motifs is 1. The Bertz CT molecular complexity index is 940. The number of anilines is 2. The Labute approximate surface area is 164 Å². The quantitative estimate of drug-likeness (QED) is 0.551. The number of nitrogens with one attached hydrogen (secondary N) is 1. The Hall–Kier alpha value is -1.63. The molecule has 0 bridgehead atoms. The first-order valence-electron chi connectivity index (χ1n) is 8.59. The number of rotatable bonds is 4. The summed E-state index contributed by atoms with van der Waals surface area (Å²) in [4.78, 5) is 4.27. The lowest BCUT2D eigenvalue weighted by Crippen LogP contribution is -2.24. The van der Waals surface area contributed by atoms with E-state index < -0.39 is 0 Å². The van der Waals surface area contributed by atoms with Gasteiger partial charge in [-0.1, -0.05) is 27.5 Å². The van der Waals surface area contributed by atoms with E-state index in [-0.39, 0.29) is 11.9 Å². The number of hydrogen-bond acceptors (Lipinski definition) is 3. The Morgan fingerprint density at radius 2 is 2.12 bits per heavy atom. The highest BCUT2D eigenvalue weighted by Crippen LogP contribution is 2.31. The van der Waals surface area contributed by atoms with Crippen molar-refractivity contribution >= 4 is 49.9 Å². The van der Waals surface area contributed by atoms with Crippen molar-refractivity contribution in [1.29, 1.82) is 0 Å². The van der Waals surface area contributed by atoms with Gasteiger partial charge in [0.15, 0.2) is 5.82 Å². The van der Waals surface area contributed by atoms with Gasteiger partial charge in [0, 0.05) is 11.1 Å². The molecule has 1 aliphatic heterocycles. The molecule has 1 unspecified atom stereocenters. The van der Waals surface area contributed by atoms with Crippen LogP contribution in [0.4, 0.5) is 15.8 Å². The van der Waals surface area contributed by atoms with Crippen molar-refractivity contribution in [2.75, 3.05) is 11.9 Å². The van der Waals surface area contributed by atoms with Gasteiger partial charge < -0.3 is 14.6 Å². The minimum atomic E-state index is -0.384. The average Bonchev–Trinajstić information content (AvgIpc) is 3.04. The second kappa shape index (κ2) is 7.55. The molecule has 0 saturated carbocycles. The molecule has 1 saturated heterocycles. The number of hydrogen-bond donors (Lipinski definition) is 1. The zero-order valence-corrected chi connectivity index (χ0v) is 16.4. The molecule has 3 aromatic rings. The Morgan fingerprint density at radius 3 is 2.88 bits per heavy atom. The summed E-state index contributed by atoms with van der Waals surface area (Å²) in [5.74, 6) is -0.384. The first-order chi connectivity index (χ1) is 12.6. The van der Waals surface area contributed by atoms with Crippen LogP contribution in [0.3, 0.4) is 0 Å². The summed E-state index contributed by atoms with van der Waals surface area (Å²) in [6.45, 7) is 1.49. The summed E-state index contributed by atoms with van der Waals surface area (Å²) in [5.41, 5.74) is 2.10. The SMILES string of the molecule is Fc1c(Nc2ccc(Br)cc2Cl)ccc2c1ncn2CC1CCCCO1. The van der Waals surface area contributed by atoms with Crippen LogP contribution < -0.4 is 5.32 Å². The van der Waals surface area contributed by atoms with Gasteiger partial charge in [-0.2, -0.15) is 0 Å². The summed E-state index contributed by atoms with van der Waals surface area (Å²) < 4.78 is 23.5. The summed E-state index contributed by atoms with van der Waals surface area (Å²) in [5, 5.41) is 3.56. The van der Waals surface area contributed by atoms with Crippen LogP contribution in [0.2, 0.25) is 5.02 Å². The molecule has 0 amide bonds. The van der Waals surface area contributed by atoms with Crippen LogP contribution in [0, 0.1) is 5.82 Å². The van der Waals surface area contributed by atoms with Crippen LogP contribution in [0.1, 0.15) is 19.3 Å². The summed E-state index contributed by atoms with van der Waals surface area (Å²) in [6.07, 6.45) is 5.17. The fourth-order valence-electron chi connectivity index (χ4n) is 3.25. The van der Waals surface area contributed by atoms with Crippen molar-refractivity contribution in [2.24, 2.45) is 0 Å². The van der Waals surface area contributed by atoms with Gasteiger partial charge in [0.2, 0.25) is 0 Å². The van der Waals surface area contributed by atoms with Crippen LogP contribution in [-0.4, -0.2) is 22.3 Å². The first-order valence-corrected chi connectivity index (χ1v) is 9.76. The molecule has 1 fully saturated rings. The van der Waals surface area contributed by atoms with Gasteiger partial charge in [0.1, 0.15) is 5.52 Å². The van der Waals surface area contributed by atoms with Crippen LogP contribution in [0.5, 0.6) is 0 Å². The molecule has 7 heteroatoms. The number of imidazole rings is 1. The standard InChI is InChI=1S/C19H18BrClFN3O/c20-12-4-5-15(14(21)9-12)24-16-6-7-17-19(18(16)22)23-11-25(17)10-13-3-1-2-8-26-13/h4-7,9,11,13,24H,1-3,8,10H2. The smallest absolute Gasteiger partial charge is 0.174 e. The third-order valence-electron chi connectivity index (χ3n) is 4.61. The predicted octanol–water partition coefficient (Wildman–Crippen LogP) is 5.90. The van der Waals surface area contributed by atoms with E-state index in [1.165, 1.54) is 6.42 Å². The van der Waals surface area contributed by atoms with Gasteiger partial charge in [-0.3, -0.25) is 0 Å². The van der Waals surface area contributed by atoms with Crippen molar-refractivity contribution in [1.82, 2.24) is 9.55 Å². The van der Waals surface area contributed by atoms with Gasteiger partial charge in [-0.15, -0.1) is 0 Å². The van der Waals surface area contributed by atoms with Gasteiger partial charge >= 0.3 is 0 Å². The highest BCUT2D eigenvalue weighted by atomic mass is 79.9. The monoisotopic (exact) mass is 437 g/mol. The molecule has 0 spiro atoms. The van der Waals surface area contributed by atoms with E-state index >= 15 is 0 Å². The highest BCUT2D eigenvalue weighted by molar-refractivity contribution is 9.10. The molecule has 136 valence electrons. The fourth-order valence-corrected chi connectivity index (χ4v) is 3.97. The van der Waals surface area contributed by atoms with Crippen LogP contribution in [-0.2, 0) is 11.3 Å². The van der Waals surface area contributed by atoms with Gasteiger partial charge in [0.25, 0.3) is 0 Å². The molecular weight excluding hydrogens is 421 g/mol. The summed E-state index contributed by atoms with van der Waals surface area (Å²) in [7, 11) is 0. The van der Waals surface area contributed by atoms with E-state index in [0.717, 1.165) is 29.4 Å². The number of nitrogens with zero attached hydrogens (tertiary/aromatic N) is 2. The van der Waals surface area contributed by atoms with Crippen LogP contribution in [0.25, 0.3) is 11.0 Å². The summed E-state index contributed by atoms with van der Waals surface area (Å²) in [6, 6.07) is 9.01. The largest absolute Gasteiger partial charge is 0.376 e. The highest BCUT2D eigenvalue weighted by Gasteiger charge is 2.18. The lowest BCUT2D eigenvalue weighted by molar-refractivity contribution is 0.00661. The van der Waals surface area contributed by atoms with Gasteiger partial charge in [-0.25, -0.2) is 9.37 Å². The predicted molar refractivity (Wildman–Crippen MR) is 106 cm³/mol. The second-order valence-corrected chi connectivity index (χ2v) is 7.75. The van der Waals surface area contributed by atoms with E-state index in [9.17, 15) is 4.39 Å². The average molecular weight is 439 g/mol. The van der Waals surface area contributed by atoms with Crippen molar-refractivity contribution < 1.29 is 9.13 Å². The molecule has 0 radical (unpaired) electrons. The summed E-state index contributed by atoms with van der Waals surface area (Å²) >= 11 is 9.58. The molecule has 0 aliphatic carbocycles. The Balaban J connectivity index is 1.61. The lowest BCUT2D eigenvalue weighted by atomic mass is 10.1. The Morgan fingerprint density at radius 1 is 1.27 bits per heavy atom. The lowest BCUT2D eigenvalue weighted by Gasteiger charge is -2.23. The topological polar surface area (TPSA) is 39.1 Å². The van der Waals surface area contributed by atoms with E-state index in [4.69, 9.17) is 16.3 Å². The first kappa shape index (κ1) is 17.8. The normalized spacial score (nSPS) is 17.6. The zero-order chi connectivity index (χ0) is 18.1. The fraction of sp³-hybridized carbons (Fsp3) is 0.316. The van der Waals surface area contributed by atoms with Gasteiger partial charge in [0.05, 0.1) is 40.9 Å². The van der Waals surface area contributed by atoms with Crippen molar-refractivity contribution in [3.63, 3.8) is 0 Å². The maximum absolute atomic E-state index is 14.9. The molecule has 1 N–H and O–H groups in total. The molecule has 1 aliphatic rings. The number of benzene rings is 2. The minimum Gasteiger partial charge on any atom is -0.376 e. The maximum Gasteiger partial charge on any atom is 0.174 e. The second-order valence-electron chi connectivity index (χ2n) is 6.43. The van der Waals surface area contributed by atoms with Crippen LogP contribution >= 0.6 is 27.5 Å². The van der Waals surface area contributed by atoms with E-state index in [2.05, 4.69) is 26.2 Å². The van der Waals surface area contributed by atoms with Crippen molar-refractivity contribution in [3.8, 4) is 0 Å². The molecule has 4 nitrogen and oxygen atoms in total. The number of halogens is 3. The minimum absolute atomic E-state index is 0.170. The number of aromatic nitrogens is 2. The molecule has 1 aromatic heterocycles. The molecule has 2 heterocycles. The molecule has 4 rings (SSSR count). The molecular formula is C19H18BrClFN3O. The Kier molecular flexibility index (Phi) is 5.16. The molecule has 2 aromatic carbocycles. The van der Waals surface area contributed by atoms with E-state index in [1.54, 1.807) is 24.5 Å². The van der Waals surface area contributed by atoms with Crippen molar-refractivity contribution in [3.05, 3.63) is 52.0 Å². The molecule has 26 heavy (non-hydrogen) atoms. The zero-order valence-electron chi connectivity index (χ0n) is 14.0. The molecule has 1 atom stereocenters. The third-order valence-corrected chi connectivity index (χ3v) is 5.41. The van der Waals surface area contributed by atoms with E-state index in [0.29, 0.717) is 28.5 Å². The third kappa shape index (κ3) is 3.59. The maximum atomic E-state index is 14.9. The van der Waals surface area contributed by atoms with Crippen LogP contribution in [0.15, 0.2) is 41.1 Å². The van der Waals surface area contributed by atoms with Gasteiger partial charge in [-0.05, 0) is 49.6 Å². The number of ether oxygens (including phenoxy) is 1.